The van der Waals surface area contributed by atoms with Crippen LogP contribution in [0.1, 0.15) is 30.4 Å². The van der Waals surface area contributed by atoms with Gasteiger partial charge in [0.15, 0.2) is 0 Å². The molecule has 0 aromatic heterocycles. The average Bonchev–Trinajstić information content (AvgIpc) is 2.88. The normalized spacial score (nSPS) is 15.4. The van der Waals surface area contributed by atoms with Gasteiger partial charge in [-0.2, -0.15) is 5.26 Å². The number of ether oxygens (including phenoxy) is 3. The van der Waals surface area contributed by atoms with E-state index >= 15 is 0 Å². The van der Waals surface area contributed by atoms with Crippen molar-refractivity contribution in [1.82, 2.24) is 4.90 Å². The summed E-state index contributed by atoms with van der Waals surface area (Å²) < 4.78 is 17.0. The number of nitriles is 1. The van der Waals surface area contributed by atoms with Crippen molar-refractivity contribution in [2.45, 2.75) is 25.9 Å². The zero-order chi connectivity index (χ0) is 26.1. The molecule has 0 fully saturated rings. The fourth-order valence-corrected chi connectivity index (χ4v) is 4.13. The van der Waals surface area contributed by atoms with Crippen molar-refractivity contribution in [3.05, 3.63) is 93.5 Å². The van der Waals surface area contributed by atoms with E-state index in [1.807, 2.05) is 36.4 Å². The Morgan fingerprint density at radius 2 is 1.75 bits per heavy atom. The van der Waals surface area contributed by atoms with Crippen molar-refractivity contribution in [2.24, 2.45) is 0 Å². The zero-order valence-electron chi connectivity index (χ0n) is 20.0. The van der Waals surface area contributed by atoms with E-state index in [1.165, 1.54) is 0 Å². The summed E-state index contributed by atoms with van der Waals surface area (Å²) in [7, 11) is 1.68. The highest BCUT2D eigenvalue weighted by atomic mass is 35.5. The van der Waals surface area contributed by atoms with Crippen LogP contribution in [0.5, 0.6) is 0 Å². The van der Waals surface area contributed by atoms with Crippen LogP contribution in [0.2, 0.25) is 5.02 Å². The molecule has 1 unspecified atom stereocenters. The Bertz CT molecular complexity index is 1200. The number of esters is 2. The first-order valence-electron chi connectivity index (χ1n) is 11.3. The molecule has 3 rings (SSSR count). The van der Waals surface area contributed by atoms with Crippen LogP contribution in [-0.4, -0.2) is 43.0 Å². The molecular weight excluding hydrogens is 503 g/mol. The van der Waals surface area contributed by atoms with E-state index < -0.39 is 17.9 Å². The Balaban J connectivity index is 2.12. The molecule has 2 aromatic rings. The molecule has 9 heteroatoms. The minimum Gasteiger partial charge on any atom is -0.477 e. The molecule has 36 heavy (non-hydrogen) atoms. The Hall–Kier alpha value is -3.47. The molecule has 188 valence electrons. The molecule has 0 saturated heterocycles. The van der Waals surface area contributed by atoms with Crippen molar-refractivity contribution in [3.8, 4) is 6.07 Å². The fraction of sp³-hybridized carbons (Fsp3) is 0.296. The maximum absolute atomic E-state index is 13.6. The van der Waals surface area contributed by atoms with E-state index in [0.717, 1.165) is 5.56 Å². The van der Waals surface area contributed by atoms with Crippen molar-refractivity contribution in [1.29, 1.82) is 5.26 Å². The van der Waals surface area contributed by atoms with Crippen LogP contribution in [-0.2, 0) is 30.4 Å². The van der Waals surface area contributed by atoms with Gasteiger partial charge in [0.1, 0.15) is 25.4 Å². The number of benzene rings is 2. The summed E-state index contributed by atoms with van der Waals surface area (Å²) in [5.74, 6) is -1.77. The second kappa shape index (κ2) is 13.0. The van der Waals surface area contributed by atoms with Crippen LogP contribution < -0.4 is 0 Å². The van der Waals surface area contributed by atoms with Gasteiger partial charge in [-0.1, -0.05) is 54.1 Å². The number of halogens is 2. The highest BCUT2D eigenvalue weighted by molar-refractivity contribution is 6.30. The van der Waals surface area contributed by atoms with Crippen LogP contribution in [0, 0.1) is 11.3 Å². The van der Waals surface area contributed by atoms with Gasteiger partial charge in [-0.15, -0.1) is 11.6 Å². The van der Waals surface area contributed by atoms with Gasteiger partial charge in [-0.3, -0.25) is 0 Å². The third-order valence-corrected chi connectivity index (χ3v) is 5.99. The lowest BCUT2D eigenvalue weighted by atomic mass is 9.81. The summed E-state index contributed by atoms with van der Waals surface area (Å²) in [6, 6.07) is 18.1. The maximum atomic E-state index is 13.6. The van der Waals surface area contributed by atoms with Crippen molar-refractivity contribution >= 4 is 35.1 Å². The van der Waals surface area contributed by atoms with Crippen LogP contribution in [0.3, 0.4) is 0 Å². The molecule has 1 atom stereocenters. The van der Waals surface area contributed by atoms with Gasteiger partial charge in [0.05, 0.1) is 29.9 Å². The van der Waals surface area contributed by atoms with Crippen LogP contribution in [0.15, 0.2) is 77.3 Å². The van der Waals surface area contributed by atoms with Gasteiger partial charge in [-0.25, -0.2) is 9.59 Å². The summed E-state index contributed by atoms with van der Waals surface area (Å²) in [5.41, 5.74) is 2.26. The van der Waals surface area contributed by atoms with Crippen LogP contribution in [0.25, 0.3) is 0 Å². The molecule has 7 nitrogen and oxygen atoms in total. The average molecular weight is 529 g/mol. The first-order valence-corrected chi connectivity index (χ1v) is 12.2. The van der Waals surface area contributed by atoms with Gasteiger partial charge in [0.25, 0.3) is 0 Å². The molecule has 1 aliphatic heterocycles. The van der Waals surface area contributed by atoms with Crippen molar-refractivity contribution < 1.29 is 23.8 Å². The van der Waals surface area contributed by atoms with Crippen LogP contribution in [0.4, 0.5) is 0 Å². The highest BCUT2D eigenvalue weighted by Crippen LogP contribution is 2.43. The lowest BCUT2D eigenvalue weighted by Gasteiger charge is -2.36. The highest BCUT2D eigenvalue weighted by Gasteiger charge is 2.42. The Labute approximate surface area is 220 Å². The monoisotopic (exact) mass is 528 g/mol. The van der Waals surface area contributed by atoms with Gasteiger partial charge in [-0.05, 0) is 30.2 Å². The minimum absolute atomic E-state index is 0.0303. The molecule has 0 amide bonds. The summed E-state index contributed by atoms with van der Waals surface area (Å²) in [6.07, 6.45) is 0.0433. The number of allylic oxidation sites excluding steroid dienone is 1. The van der Waals surface area contributed by atoms with E-state index in [9.17, 15) is 9.59 Å². The van der Waals surface area contributed by atoms with Crippen LogP contribution >= 0.6 is 23.2 Å². The summed E-state index contributed by atoms with van der Waals surface area (Å²) >= 11 is 12.2. The summed E-state index contributed by atoms with van der Waals surface area (Å²) in [6.45, 7) is 1.82. The van der Waals surface area contributed by atoms with Gasteiger partial charge >= 0.3 is 11.9 Å². The van der Waals surface area contributed by atoms with E-state index in [1.54, 1.807) is 43.1 Å². The number of carbonyl (C=O) groups is 2. The van der Waals surface area contributed by atoms with E-state index in [-0.39, 0.29) is 49.2 Å². The van der Waals surface area contributed by atoms with Gasteiger partial charge in [0.2, 0.25) is 5.88 Å². The van der Waals surface area contributed by atoms with E-state index in [2.05, 4.69) is 0 Å². The first kappa shape index (κ1) is 27.1. The van der Waals surface area contributed by atoms with E-state index in [4.69, 9.17) is 42.7 Å². The van der Waals surface area contributed by atoms with Gasteiger partial charge in [0, 0.05) is 17.8 Å². The Kier molecular flexibility index (Phi) is 9.80. The smallest absolute Gasteiger partial charge is 0.340 e. The number of hydrogen-bond donors (Lipinski definition) is 0. The molecule has 2 aromatic carbocycles. The zero-order valence-corrected chi connectivity index (χ0v) is 21.5. The standard InChI is InChI=1S/C27H26Cl2N2O5/c1-18-22(26(32)35-14-7-13-30)23(20-10-6-11-21(29)16-20)24(25(31(18)2)34-15-12-28)27(33)36-17-19-8-4-3-5-9-19/h3-6,8-11,16,23H,7,12,14-15,17H2,1-2H3. The fourth-order valence-electron chi connectivity index (χ4n) is 3.86. The lowest BCUT2D eigenvalue weighted by Crippen LogP contribution is -2.35. The molecule has 0 saturated carbocycles. The molecule has 1 aliphatic rings. The molecule has 0 spiro atoms. The maximum Gasteiger partial charge on any atom is 0.340 e. The topological polar surface area (TPSA) is 88.9 Å². The number of carbonyl (C=O) groups excluding carboxylic acids is 2. The third kappa shape index (κ3) is 6.39. The van der Waals surface area contributed by atoms with Gasteiger partial charge < -0.3 is 19.1 Å². The van der Waals surface area contributed by atoms with Crippen molar-refractivity contribution in [2.75, 3.05) is 26.1 Å². The molecule has 0 radical (unpaired) electrons. The third-order valence-electron chi connectivity index (χ3n) is 5.60. The molecule has 0 bridgehead atoms. The number of alkyl halides is 1. The predicted octanol–water partition coefficient (Wildman–Crippen LogP) is 5.31. The molecule has 0 N–H and O–H groups in total. The van der Waals surface area contributed by atoms with Crippen molar-refractivity contribution in [3.63, 3.8) is 0 Å². The largest absolute Gasteiger partial charge is 0.477 e. The van der Waals surface area contributed by atoms with E-state index in [0.29, 0.717) is 16.3 Å². The summed E-state index contributed by atoms with van der Waals surface area (Å²) in [4.78, 5) is 28.5. The number of hydrogen-bond acceptors (Lipinski definition) is 7. The second-order valence-electron chi connectivity index (χ2n) is 7.91. The lowest BCUT2D eigenvalue weighted by molar-refractivity contribution is -0.141. The SMILES string of the molecule is CC1=C(C(=O)OCCC#N)C(c2cccc(Cl)c2)C(C(=O)OCc2ccccc2)=C(OCCCl)N1C. The Morgan fingerprint density at radius 1 is 1.03 bits per heavy atom. The molecule has 0 aliphatic carbocycles. The Morgan fingerprint density at radius 3 is 2.42 bits per heavy atom. The minimum atomic E-state index is -0.886. The second-order valence-corrected chi connectivity index (χ2v) is 8.72. The number of rotatable bonds is 10. The number of nitrogens with zero attached hydrogens (tertiary/aromatic N) is 2. The first-order chi connectivity index (χ1) is 17.4. The summed E-state index contributed by atoms with van der Waals surface area (Å²) in [5, 5.41) is 9.29. The molecule has 1 heterocycles. The quantitative estimate of drug-likeness (QED) is 0.234. The predicted molar refractivity (Wildman–Crippen MR) is 136 cm³/mol. The molecular formula is C27H26Cl2N2O5.